The van der Waals surface area contributed by atoms with E-state index >= 15 is 0 Å². The lowest BCUT2D eigenvalue weighted by molar-refractivity contribution is -0.134. The van der Waals surface area contributed by atoms with Crippen LogP contribution in [0.4, 0.5) is 0 Å². The van der Waals surface area contributed by atoms with E-state index in [1.54, 1.807) is 12.7 Å². The van der Waals surface area contributed by atoms with Crippen molar-refractivity contribution in [2.45, 2.75) is 37.4 Å². The topological polar surface area (TPSA) is 75.1 Å². The number of rotatable bonds is 3. The molecule has 4 rings (SSSR count). The van der Waals surface area contributed by atoms with E-state index in [4.69, 9.17) is 0 Å². The fraction of sp³-hybridized carbons (Fsp3) is 0.471. The molecule has 0 spiro atoms. The van der Waals surface area contributed by atoms with Crippen molar-refractivity contribution < 1.29 is 4.79 Å². The summed E-state index contributed by atoms with van der Waals surface area (Å²) >= 11 is 0. The second kappa shape index (κ2) is 6.70. The summed E-state index contributed by atoms with van der Waals surface area (Å²) in [5.74, 6) is 0.193. The highest BCUT2D eigenvalue weighted by molar-refractivity contribution is 5.82. The third-order valence-electron chi connectivity index (χ3n) is 4.99. The number of hydrogen-bond acceptors (Lipinski definition) is 5. The monoisotopic (exact) mass is 326 g/mol. The quantitative estimate of drug-likeness (QED) is 0.882. The van der Waals surface area contributed by atoms with Gasteiger partial charge in [-0.3, -0.25) is 4.79 Å². The van der Waals surface area contributed by atoms with Crippen molar-refractivity contribution in [2.75, 3.05) is 13.1 Å². The van der Waals surface area contributed by atoms with Gasteiger partial charge < -0.3 is 4.90 Å². The number of hydrogen-bond donors (Lipinski definition) is 2. The van der Waals surface area contributed by atoms with E-state index in [0.717, 1.165) is 32.4 Å². The van der Waals surface area contributed by atoms with Gasteiger partial charge in [0.15, 0.2) is 0 Å². The summed E-state index contributed by atoms with van der Waals surface area (Å²) in [6.45, 7) is 1.55. The Labute approximate surface area is 141 Å². The van der Waals surface area contributed by atoms with Crippen LogP contribution in [-0.4, -0.2) is 44.7 Å². The molecular weight excluding hydrogens is 304 g/mol. The Balaban J connectivity index is 1.32. The van der Waals surface area contributed by atoms with E-state index in [-0.39, 0.29) is 18.0 Å². The molecule has 1 aromatic heterocycles. The van der Waals surface area contributed by atoms with Gasteiger partial charge >= 0.3 is 0 Å². The fourth-order valence-corrected chi connectivity index (χ4v) is 3.60. The van der Waals surface area contributed by atoms with Gasteiger partial charge in [-0.1, -0.05) is 30.3 Å². The summed E-state index contributed by atoms with van der Waals surface area (Å²) < 4.78 is 1.91. The van der Waals surface area contributed by atoms with Crippen LogP contribution in [0.3, 0.4) is 0 Å². The first-order valence-electron chi connectivity index (χ1n) is 8.50. The normalized spacial score (nSPS) is 25.1. The molecule has 2 aliphatic rings. The summed E-state index contributed by atoms with van der Waals surface area (Å²) in [5, 5.41) is 4.21. The van der Waals surface area contributed by atoms with Crippen LogP contribution in [0.15, 0.2) is 43.0 Å². The second-order valence-corrected chi connectivity index (χ2v) is 6.47. The van der Waals surface area contributed by atoms with Gasteiger partial charge in [-0.2, -0.15) is 5.10 Å². The predicted molar refractivity (Wildman–Crippen MR) is 88.7 cm³/mol. The first-order chi connectivity index (χ1) is 11.8. The van der Waals surface area contributed by atoms with E-state index in [9.17, 15) is 4.79 Å². The van der Waals surface area contributed by atoms with Gasteiger partial charge in [0.05, 0.1) is 6.04 Å². The van der Waals surface area contributed by atoms with E-state index in [0.29, 0.717) is 6.04 Å². The molecule has 0 saturated carbocycles. The van der Waals surface area contributed by atoms with Crippen LogP contribution < -0.4 is 10.9 Å². The molecule has 2 saturated heterocycles. The SMILES string of the molecule is O=C(C1CC(c2ccccc2)NN1)N1CCC(n2cncn2)CC1. The smallest absolute Gasteiger partial charge is 0.241 e. The molecule has 2 aromatic rings. The Kier molecular flexibility index (Phi) is 4.27. The molecule has 7 nitrogen and oxygen atoms in total. The van der Waals surface area contributed by atoms with Crippen molar-refractivity contribution in [3.8, 4) is 0 Å². The van der Waals surface area contributed by atoms with Crippen molar-refractivity contribution >= 4 is 5.91 Å². The summed E-state index contributed by atoms with van der Waals surface area (Å²) in [7, 11) is 0. The van der Waals surface area contributed by atoms with Crippen molar-refractivity contribution in [3.05, 3.63) is 48.5 Å². The van der Waals surface area contributed by atoms with E-state index < -0.39 is 0 Å². The maximum Gasteiger partial charge on any atom is 0.241 e. The minimum absolute atomic E-state index is 0.155. The lowest BCUT2D eigenvalue weighted by atomic mass is 10.00. The molecule has 2 unspecified atom stereocenters. The minimum atomic E-state index is -0.155. The molecule has 0 radical (unpaired) electrons. The summed E-state index contributed by atoms with van der Waals surface area (Å²) in [5.41, 5.74) is 7.64. The standard InChI is InChI=1S/C17H22N6O/c24-17(16-10-15(20-21-16)13-4-2-1-3-5-13)22-8-6-14(7-9-22)23-12-18-11-19-23/h1-5,11-12,14-16,20-21H,6-10H2. The van der Waals surface area contributed by atoms with Gasteiger partial charge in [0.25, 0.3) is 0 Å². The Morgan fingerprint density at radius 2 is 1.92 bits per heavy atom. The zero-order chi connectivity index (χ0) is 16.4. The molecule has 0 bridgehead atoms. The van der Waals surface area contributed by atoms with Gasteiger partial charge in [-0.05, 0) is 24.8 Å². The molecule has 3 heterocycles. The third-order valence-corrected chi connectivity index (χ3v) is 4.99. The Morgan fingerprint density at radius 3 is 2.62 bits per heavy atom. The highest BCUT2D eigenvalue weighted by Crippen LogP contribution is 2.25. The molecule has 1 aromatic carbocycles. The average Bonchev–Trinajstić information content (AvgIpc) is 3.34. The number of aromatic nitrogens is 3. The fourth-order valence-electron chi connectivity index (χ4n) is 3.60. The van der Waals surface area contributed by atoms with Crippen LogP contribution >= 0.6 is 0 Å². The summed E-state index contributed by atoms with van der Waals surface area (Å²) in [6.07, 6.45) is 5.96. The maximum atomic E-state index is 12.8. The van der Waals surface area contributed by atoms with Crippen LogP contribution in [0.2, 0.25) is 0 Å². The van der Waals surface area contributed by atoms with Crippen LogP contribution in [0.25, 0.3) is 0 Å². The number of nitrogens with one attached hydrogen (secondary N) is 2. The zero-order valence-corrected chi connectivity index (χ0v) is 13.5. The number of nitrogens with zero attached hydrogens (tertiary/aromatic N) is 4. The predicted octanol–water partition coefficient (Wildman–Crippen LogP) is 1.05. The lowest BCUT2D eigenvalue weighted by Crippen LogP contribution is -2.48. The molecule has 126 valence electrons. The highest BCUT2D eigenvalue weighted by Gasteiger charge is 2.34. The molecule has 2 fully saturated rings. The molecule has 24 heavy (non-hydrogen) atoms. The molecule has 1 amide bonds. The number of likely N-dealkylation sites (tertiary alicyclic amines) is 1. The van der Waals surface area contributed by atoms with Crippen LogP contribution in [0.1, 0.15) is 36.9 Å². The van der Waals surface area contributed by atoms with Crippen LogP contribution in [-0.2, 0) is 4.79 Å². The van der Waals surface area contributed by atoms with Crippen LogP contribution in [0.5, 0.6) is 0 Å². The number of benzene rings is 1. The number of hydrazine groups is 1. The second-order valence-electron chi connectivity index (χ2n) is 6.47. The average molecular weight is 326 g/mol. The Morgan fingerprint density at radius 1 is 1.12 bits per heavy atom. The van der Waals surface area contributed by atoms with E-state index in [2.05, 4.69) is 33.1 Å². The lowest BCUT2D eigenvalue weighted by Gasteiger charge is -2.33. The number of piperidine rings is 1. The highest BCUT2D eigenvalue weighted by atomic mass is 16.2. The number of carbonyl (C=O) groups is 1. The van der Waals surface area contributed by atoms with E-state index in [1.165, 1.54) is 5.56 Å². The van der Waals surface area contributed by atoms with Crippen molar-refractivity contribution in [2.24, 2.45) is 0 Å². The van der Waals surface area contributed by atoms with Gasteiger partial charge in [-0.25, -0.2) is 20.5 Å². The van der Waals surface area contributed by atoms with Crippen molar-refractivity contribution in [1.29, 1.82) is 0 Å². The summed E-state index contributed by atoms with van der Waals surface area (Å²) in [6, 6.07) is 10.6. The van der Waals surface area contributed by atoms with E-state index in [1.807, 2.05) is 27.8 Å². The van der Waals surface area contributed by atoms with Crippen molar-refractivity contribution in [3.63, 3.8) is 0 Å². The zero-order valence-electron chi connectivity index (χ0n) is 13.5. The third kappa shape index (κ3) is 3.05. The molecule has 2 aliphatic heterocycles. The largest absolute Gasteiger partial charge is 0.341 e. The maximum absolute atomic E-state index is 12.8. The Hall–Kier alpha value is -2.25. The first kappa shape index (κ1) is 15.3. The van der Waals surface area contributed by atoms with Gasteiger partial charge in [-0.15, -0.1) is 0 Å². The summed E-state index contributed by atoms with van der Waals surface area (Å²) in [4.78, 5) is 18.7. The van der Waals surface area contributed by atoms with Gasteiger partial charge in [0.1, 0.15) is 18.7 Å². The molecule has 2 atom stereocenters. The molecule has 0 aliphatic carbocycles. The van der Waals surface area contributed by atoms with Gasteiger partial charge in [0.2, 0.25) is 5.91 Å². The number of amides is 1. The first-order valence-corrected chi connectivity index (χ1v) is 8.50. The minimum Gasteiger partial charge on any atom is -0.341 e. The molecular formula is C17H22N6O. The van der Waals surface area contributed by atoms with Crippen LogP contribution in [0, 0.1) is 0 Å². The molecule has 7 heteroatoms. The molecule has 2 N–H and O–H groups in total. The Bertz CT molecular complexity index is 666. The van der Waals surface area contributed by atoms with Gasteiger partial charge in [0, 0.05) is 19.1 Å². The van der Waals surface area contributed by atoms with Crippen molar-refractivity contribution in [1.82, 2.24) is 30.5 Å². The number of carbonyl (C=O) groups excluding carboxylic acids is 1.